The summed E-state index contributed by atoms with van der Waals surface area (Å²) >= 11 is 0. The Labute approximate surface area is 255 Å². The Hall–Kier alpha value is -5.05. The summed E-state index contributed by atoms with van der Waals surface area (Å²) < 4.78 is 17.7. The van der Waals surface area contributed by atoms with Gasteiger partial charge in [0.05, 0.1) is 11.6 Å². The van der Waals surface area contributed by atoms with Gasteiger partial charge in [-0.1, -0.05) is 88.4 Å². The zero-order valence-corrected chi connectivity index (χ0v) is 25.2. The van der Waals surface area contributed by atoms with Crippen LogP contribution in [0.25, 0.3) is 16.8 Å². The first-order valence-electron chi connectivity index (χ1n) is 14.7. The lowest BCUT2D eigenvalue weighted by atomic mass is 9.84. The molecule has 3 heterocycles. The maximum absolute atomic E-state index is 16.1. The van der Waals surface area contributed by atoms with Crippen molar-refractivity contribution in [3.8, 4) is 11.3 Å². The van der Waals surface area contributed by atoms with E-state index in [0.717, 1.165) is 16.8 Å². The summed E-state index contributed by atoms with van der Waals surface area (Å²) in [4.78, 5) is 30.6. The number of carbonyl (C=O) groups excluding carboxylic acids is 2. The first-order valence-corrected chi connectivity index (χ1v) is 14.7. The van der Waals surface area contributed by atoms with Crippen molar-refractivity contribution >= 4 is 34.7 Å². The van der Waals surface area contributed by atoms with E-state index in [2.05, 4.69) is 53.6 Å². The number of aryl methyl sites for hydroxylation is 2. The topological polar surface area (TPSA) is 115 Å². The smallest absolute Gasteiger partial charge is 0.254 e. The Balaban J connectivity index is 1.26. The Bertz CT molecular complexity index is 1830. The SMILES string of the molecule is CC1C(F)=C(c2nn3c(c2C(N)=O)Nc2ccc(C(C)(C)C)cc2CC3)C=CC1C(=O)Nc1cccc(-c2ccccc2)n1. The van der Waals surface area contributed by atoms with Gasteiger partial charge in [-0.05, 0) is 41.2 Å². The van der Waals surface area contributed by atoms with Crippen LogP contribution >= 0.6 is 0 Å². The van der Waals surface area contributed by atoms with Crippen LogP contribution in [0.15, 0.2) is 84.7 Å². The highest BCUT2D eigenvalue weighted by molar-refractivity contribution is 6.04. The van der Waals surface area contributed by atoms with Crippen LogP contribution in [-0.2, 0) is 23.2 Å². The van der Waals surface area contributed by atoms with Crippen LogP contribution in [0, 0.1) is 11.8 Å². The van der Waals surface area contributed by atoms with Crippen LogP contribution in [0.2, 0.25) is 0 Å². The molecule has 0 spiro atoms. The molecule has 9 heteroatoms. The Morgan fingerprint density at radius 1 is 1.07 bits per heavy atom. The molecule has 2 amide bonds. The Morgan fingerprint density at radius 2 is 1.84 bits per heavy atom. The van der Waals surface area contributed by atoms with Gasteiger partial charge < -0.3 is 16.4 Å². The van der Waals surface area contributed by atoms with Crippen molar-refractivity contribution in [1.29, 1.82) is 0 Å². The number of rotatable bonds is 5. The fraction of sp³-hybridized carbons (Fsp3) is 0.257. The van der Waals surface area contributed by atoms with Crippen molar-refractivity contribution in [2.24, 2.45) is 17.6 Å². The number of hydrogen-bond donors (Lipinski definition) is 3. The quantitative estimate of drug-likeness (QED) is 0.237. The van der Waals surface area contributed by atoms with E-state index in [1.807, 2.05) is 48.5 Å². The fourth-order valence-corrected chi connectivity index (χ4v) is 5.75. The first-order chi connectivity index (χ1) is 21.0. The van der Waals surface area contributed by atoms with Crippen molar-refractivity contribution < 1.29 is 14.0 Å². The van der Waals surface area contributed by atoms with Gasteiger partial charge in [0, 0.05) is 29.3 Å². The molecule has 2 aromatic carbocycles. The summed E-state index contributed by atoms with van der Waals surface area (Å²) in [5.74, 6) is -2.43. The number of anilines is 3. The van der Waals surface area contributed by atoms with Crippen molar-refractivity contribution in [1.82, 2.24) is 14.8 Å². The molecule has 0 radical (unpaired) electrons. The Morgan fingerprint density at radius 3 is 2.57 bits per heavy atom. The average molecular weight is 591 g/mol. The van der Waals surface area contributed by atoms with Gasteiger partial charge in [-0.2, -0.15) is 5.10 Å². The molecule has 224 valence electrons. The van der Waals surface area contributed by atoms with Gasteiger partial charge in [0.25, 0.3) is 5.91 Å². The molecule has 44 heavy (non-hydrogen) atoms. The highest BCUT2D eigenvalue weighted by Crippen LogP contribution is 2.40. The van der Waals surface area contributed by atoms with Gasteiger partial charge >= 0.3 is 0 Å². The van der Waals surface area contributed by atoms with Crippen molar-refractivity contribution in [2.75, 3.05) is 10.6 Å². The van der Waals surface area contributed by atoms with Crippen LogP contribution in [0.5, 0.6) is 0 Å². The molecule has 2 aromatic heterocycles. The highest BCUT2D eigenvalue weighted by Gasteiger charge is 2.35. The van der Waals surface area contributed by atoms with Gasteiger partial charge in [0.1, 0.15) is 28.7 Å². The van der Waals surface area contributed by atoms with E-state index in [4.69, 9.17) is 5.73 Å². The van der Waals surface area contributed by atoms with Crippen LogP contribution in [0.1, 0.15) is 54.9 Å². The van der Waals surface area contributed by atoms with Crippen LogP contribution < -0.4 is 16.4 Å². The molecule has 0 bridgehead atoms. The summed E-state index contributed by atoms with van der Waals surface area (Å²) in [5, 5.41) is 10.8. The van der Waals surface area contributed by atoms with Gasteiger partial charge in [-0.25, -0.2) is 14.1 Å². The second-order valence-corrected chi connectivity index (χ2v) is 12.4. The molecule has 2 atom stereocenters. The van der Waals surface area contributed by atoms with E-state index in [-0.39, 0.29) is 28.2 Å². The highest BCUT2D eigenvalue weighted by atomic mass is 19.1. The number of benzene rings is 2. The molecule has 2 aliphatic rings. The van der Waals surface area contributed by atoms with Crippen LogP contribution in [0.3, 0.4) is 0 Å². The molecule has 0 saturated carbocycles. The van der Waals surface area contributed by atoms with Gasteiger partial charge in [-0.15, -0.1) is 0 Å². The zero-order chi connectivity index (χ0) is 31.2. The van der Waals surface area contributed by atoms with Crippen LogP contribution in [-0.4, -0.2) is 26.6 Å². The standard InChI is InChI=1S/C35H35FN6O2/c1-20-24(34(44)40-28-12-8-11-26(38-28)21-9-6-5-7-10-21)14-15-25(30(20)36)31-29(32(37)43)33-39-27-16-13-23(35(2,3)4)19-22(27)17-18-42(33)41-31/h5-16,19-20,24,39H,17-18H2,1-4H3,(H2,37,43)(H,38,40,44). The van der Waals surface area contributed by atoms with E-state index in [9.17, 15) is 9.59 Å². The number of hydrogen-bond acceptors (Lipinski definition) is 5. The number of primary amides is 1. The third-order valence-electron chi connectivity index (χ3n) is 8.31. The monoisotopic (exact) mass is 590 g/mol. The van der Waals surface area contributed by atoms with E-state index in [0.29, 0.717) is 30.3 Å². The van der Waals surface area contributed by atoms with Crippen molar-refractivity contribution in [2.45, 2.75) is 46.1 Å². The number of nitrogens with zero attached hydrogens (tertiary/aromatic N) is 3. The maximum atomic E-state index is 16.1. The van der Waals surface area contributed by atoms with E-state index < -0.39 is 23.6 Å². The normalized spacial score (nSPS) is 17.8. The fourth-order valence-electron chi connectivity index (χ4n) is 5.75. The predicted molar refractivity (Wildman–Crippen MR) is 171 cm³/mol. The molecule has 6 rings (SSSR count). The zero-order valence-electron chi connectivity index (χ0n) is 25.2. The number of nitrogens with one attached hydrogen (secondary N) is 2. The Kier molecular flexibility index (Phi) is 7.41. The minimum absolute atomic E-state index is 0.00799. The molecule has 4 N–H and O–H groups in total. The summed E-state index contributed by atoms with van der Waals surface area (Å²) in [6.07, 6.45) is 3.84. The van der Waals surface area contributed by atoms with E-state index >= 15 is 4.39 Å². The number of amides is 2. The number of nitrogens with two attached hydrogens (primary N) is 1. The van der Waals surface area contributed by atoms with E-state index in [1.54, 1.807) is 23.7 Å². The summed E-state index contributed by atoms with van der Waals surface area (Å²) in [7, 11) is 0. The molecule has 2 unspecified atom stereocenters. The third kappa shape index (κ3) is 5.41. The van der Waals surface area contributed by atoms with E-state index in [1.165, 1.54) is 11.6 Å². The summed E-state index contributed by atoms with van der Waals surface area (Å²) in [6, 6.07) is 21.3. The lowest BCUT2D eigenvalue weighted by molar-refractivity contribution is -0.119. The number of allylic oxidation sites excluding steroid dienone is 3. The largest absolute Gasteiger partial charge is 0.365 e. The molecule has 8 nitrogen and oxygen atoms in total. The number of aromatic nitrogens is 3. The molecule has 0 saturated heterocycles. The van der Waals surface area contributed by atoms with Gasteiger partial charge in [0.15, 0.2) is 0 Å². The van der Waals surface area contributed by atoms with Crippen molar-refractivity contribution in [3.05, 3.63) is 107 Å². The van der Waals surface area contributed by atoms with Crippen LogP contribution in [0.4, 0.5) is 21.7 Å². The lowest BCUT2D eigenvalue weighted by Crippen LogP contribution is -2.29. The van der Waals surface area contributed by atoms with Gasteiger partial charge in [0.2, 0.25) is 5.91 Å². The summed E-state index contributed by atoms with van der Waals surface area (Å²) in [6.45, 7) is 8.62. The first kappa shape index (κ1) is 29.0. The second kappa shape index (κ2) is 11.2. The summed E-state index contributed by atoms with van der Waals surface area (Å²) in [5.41, 5.74) is 11.1. The van der Waals surface area contributed by atoms with Crippen molar-refractivity contribution in [3.63, 3.8) is 0 Å². The number of pyridine rings is 1. The molecule has 1 aliphatic carbocycles. The number of carbonyl (C=O) groups is 2. The molecule has 4 aromatic rings. The number of halogens is 1. The average Bonchev–Trinajstić information content (AvgIpc) is 3.25. The maximum Gasteiger partial charge on any atom is 0.254 e. The minimum atomic E-state index is -0.806. The molecule has 1 aliphatic heterocycles. The number of fused-ring (bicyclic) bond motifs is 2. The molecular formula is C35H35FN6O2. The van der Waals surface area contributed by atoms with Gasteiger partial charge in [-0.3, -0.25) is 9.59 Å². The molecule has 0 fully saturated rings. The predicted octanol–water partition coefficient (Wildman–Crippen LogP) is 6.78. The minimum Gasteiger partial charge on any atom is -0.365 e. The third-order valence-corrected chi connectivity index (χ3v) is 8.31. The lowest BCUT2D eigenvalue weighted by Gasteiger charge is -2.24. The molecular weight excluding hydrogens is 555 g/mol. The second-order valence-electron chi connectivity index (χ2n) is 12.4.